The van der Waals surface area contributed by atoms with Crippen LogP contribution in [-0.2, 0) is 0 Å². The van der Waals surface area contributed by atoms with Gasteiger partial charge in [0.05, 0.1) is 7.11 Å². The third-order valence-electron chi connectivity index (χ3n) is 5.60. The van der Waals surface area contributed by atoms with Crippen molar-refractivity contribution in [3.8, 4) is 5.75 Å². The number of carbonyl (C=O) groups excluding carboxylic acids is 1. The van der Waals surface area contributed by atoms with Gasteiger partial charge in [-0.15, -0.1) is 0 Å². The number of benzene rings is 2. The van der Waals surface area contributed by atoms with Crippen LogP contribution >= 0.6 is 0 Å². The molecule has 0 atom stereocenters. The van der Waals surface area contributed by atoms with E-state index in [2.05, 4.69) is 27.2 Å². The molecule has 0 aromatic heterocycles. The van der Waals surface area contributed by atoms with Crippen LogP contribution in [0.4, 0.5) is 5.69 Å². The van der Waals surface area contributed by atoms with E-state index in [1.54, 1.807) is 7.11 Å². The zero-order valence-electron chi connectivity index (χ0n) is 17.2. The van der Waals surface area contributed by atoms with Gasteiger partial charge in [0.2, 0.25) is 0 Å². The van der Waals surface area contributed by atoms with Gasteiger partial charge in [0.1, 0.15) is 5.75 Å². The molecule has 1 aliphatic rings. The lowest BCUT2D eigenvalue weighted by molar-refractivity contribution is 0.0950. The molecule has 0 bridgehead atoms. The summed E-state index contributed by atoms with van der Waals surface area (Å²) in [5, 5.41) is 3.06. The predicted octanol–water partition coefficient (Wildman–Crippen LogP) is 3.25. The van der Waals surface area contributed by atoms with Crippen LogP contribution in [0, 0.1) is 13.8 Å². The maximum Gasteiger partial charge on any atom is 0.251 e. The summed E-state index contributed by atoms with van der Waals surface area (Å²) in [6, 6.07) is 14.2. The van der Waals surface area contributed by atoms with Crippen molar-refractivity contribution in [3.63, 3.8) is 0 Å². The van der Waals surface area contributed by atoms with Crippen molar-refractivity contribution in [2.75, 3.05) is 51.3 Å². The van der Waals surface area contributed by atoms with Crippen molar-refractivity contribution in [1.29, 1.82) is 0 Å². The highest BCUT2D eigenvalue weighted by Crippen LogP contribution is 2.20. The Hall–Kier alpha value is -2.53. The molecule has 5 heteroatoms. The van der Waals surface area contributed by atoms with Crippen LogP contribution < -0.4 is 15.0 Å². The van der Waals surface area contributed by atoms with E-state index in [9.17, 15) is 4.79 Å². The third kappa shape index (κ3) is 5.04. The molecule has 1 amide bonds. The molecule has 1 aliphatic heterocycles. The number of carbonyl (C=O) groups is 1. The molecule has 1 saturated heterocycles. The summed E-state index contributed by atoms with van der Waals surface area (Å²) in [4.78, 5) is 17.3. The number of nitrogens with zero attached hydrogens (tertiary/aromatic N) is 2. The van der Waals surface area contributed by atoms with Gasteiger partial charge in [-0.2, -0.15) is 0 Å². The topological polar surface area (TPSA) is 44.8 Å². The highest BCUT2D eigenvalue weighted by atomic mass is 16.5. The molecule has 0 radical (unpaired) electrons. The Morgan fingerprint density at radius 1 is 1.04 bits per heavy atom. The molecule has 5 nitrogen and oxygen atoms in total. The molecule has 28 heavy (non-hydrogen) atoms. The van der Waals surface area contributed by atoms with Crippen molar-refractivity contribution in [2.45, 2.75) is 20.3 Å². The first-order valence-electron chi connectivity index (χ1n) is 10.0. The van der Waals surface area contributed by atoms with Crippen molar-refractivity contribution in [2.24, 2.45) is 0 Å². The molecule has 2 aromatic rings. The molecule has 3 rings (SSSR count). The van der Waals surface area contributed by atoms with Gasteiger partial charge in [0.15, 0.2) is 0 Å². The maximum atomic E-state index is 12.4. The maximum absolute atomic E-state index is 12.4. The highest BCUT2D eigenvalue weighted by Gasteiger charge is 2.17. The van der Waals surface area contributed by atoms with Crippen molar-refractivity contribution >= 4 is 11.6 Å². The number of aryl methyl sites for hydroxylation is 1. The number of ether oxygens (including phenoxy) is 1. The second-order valence-electron chi connectivity index (χ2n) is 7.38. The van der Waals surface area contributed by atoms with Gasteiger partial charge in [0, 0.05) is 44.0 Å². The van der Waals surface area contributed by atoms with Crippen LogP contribution in [0.25, 0.3) is 0 Å². The van der Waals surface area contributed by atoms with Gasteiger partial charge in [-0.25, -0.2) is 0 Å². The molecule has 1 heterocycles. The average Bonchev–Trinajstić information content (AvgIpc) is 2.73. The van der Waals surface area contributed by atoms with Crippen LogP contribution in [0.15, 0.2) is 42.5 Å². The lowest BCUT2D eigenvalue weighted by Gasteiger charge is -2.36. The molecule has 0 unspecified atom stereocenters. The van der Waals surface area contributed by atoms with Gasteiger partial charge in [-0.1, -0.05) is 12.1 Å². The van der Waals surface area contributed by atoms with Gasteiger partial charge in [-0.3, -0.25) is 9.69 Å². The average molecular weight is 382 g/mol. The molecular weight excluding hydrogens is 350 g/mol. The number of amides is 1. The largest absolute Gasteiger partial charge is 0.497 e. The van der Waals surface area contributed by atoms with Gasteiger partial charge in [0.25, 0.3) is 5.91 Å². The summed E-state index contributed by atoms with van der Waals surface area (Å²) in [6.07, 6.45) is 0.971. The van der Waals surface area contributed by atoms with Crippen molar-refractivity contribution in [1.82, 2.24) is 10.2 Å². The van der Waals surface area contributed by atoms with E-state index in [1.807, 2.05) is 44.2 Å². The number of rotatable bonds is 7. The third-order valence-corrected chi connectivity index (χ3v) is 5.60. The number of hydrogen-bond donors (Lipinski definition) is 1. The summed E-state index contributed by atoms with van der Waals surface area (Å²) in [7, 11) is 1.69. The fourth-order valence-electron chi connectivity index (χ4n) is 3.62. The Bertz CT molecular complexity index is 781. The number of piperazine rings is 1. The minimum absolute atomic E-state index is 0.0329. The lowest BCUT2D eigenvalue weighted by Crippen LogP contribution is -2.47. The second kappa shape index (κ2) is 9.60. The van der Waals surface area contributed by atoms with E-state index in [0.29, 0.717) is 6.54 Å². The summed E-state index contributed by atoms with van der Waals surface area (Å²) < 4.78 is 5.23. The Morgan fingerprint density at radius 2 is 1.75 bits per heavy atom. The van der Waals surface area contributed by atoms with E-state index in [-0.39, 0.29) is 5.91 Å². The molecule has 0 saturated carbocycles. The first-order chi connectivity index (χ1) is 13.6. The van der Waals surface area contributed by atoms with E-state index >= 15 is 0 Å². The zero-order valence-corrected chi connectivity index (χ0v) is 17.2. The van der Waals surface area contributed by atoms with Crippen molar-refractivity contribution in [3.05, 3.63) is 59.2 Å². The first-order valence-corrected chi connectivity index (χ1v) is 10.0. The SMILES string of the molecule is COc1ccc(N2CCN(CCCNC(=O)c3cccc(C)c3C)CC2)cc1. The fraction of sp³-hybridized carbons (Fsp3) is 0.435. The van der Waals surface area contributed by atoms with Gasteiger partial charge < -0.3 is 15.0 Å². The van der Waals surface area contributed by atoms with Crippen LogP contribution in [0.3, 0.4) is 0 Å². The normalized spacial score (nSPS) is 14.8. The lowest BCUT2D eigenvalue weighted by atomic mass is 10.0. The van der Waals surface area contributed by atoms with E-state index in [4.69, 9.17) is 4.74 Å². The monoisotopic (exact) mass is 381 g/mol. The minimum atomic E-state index is 0.0329. The fourth-order valence-corrected chi connectivity index (χ4v) is 3.62. The van der Waals surface area contributed by atoms with Crippen molar-refractivity contribution < 1.29 is 9.53 Å². The van der Waals surface area contributed by atoms with E-state index in [1.165, 1.54) is 5.69 Å². The Labute approximate surface area is 168 Å². The molecule has 1 N–H and O–H groups in total. The first kappa shape index (κ1) is 20.2. The quantitative estimate of drug-likeness (QED) is 0.748. The van der Waals surface area contributed by atoms with Crippen LogP contribution in [0.1, 0.15) is 27.9 Å². The molecular formula is C23H31N3O2. The van der Waals surface area contributed by atoms with Crippen LogP contribution in [-0.4, -0.2) is 57.2 Å². The summed E-state index contributed by atoms with van der Waals surface area (Å²) in [6.45, 7) is 9.94. The standard InChI is InChI=1S/C23H31N3O2/c1-18-6-4-7-22(19(18)2)23(27)24-12-5-13-25-14-16-26(17-15-25)20-8-10-21(28-3)11-9-20/h4,6-11H,5,12-17H2,1-3H3,(H,24,27). The molecule has 0 aliphatic carbocycles. The van der Waals surface area contributed by atoms with Gasteiger partial charge in [-0.05, 0) is 68.3 Å². The van der Waals surface area contributed by atoms with Gasteiger partial charge >= 0.3 is 0 Å². The molecule has 150 valence electrons. The Kier molecular flexibility index (Phi) is 6.93. The highest BCUT2D eigenvalue weighted by molar-refractivity contribution is 5.95. The summed E-state index contributed by atoms with van der Waals surface area (Å²) >= 11 is 0. The summed E-state index contributed by atoms with van der Waals surface area (Å²) in [5.41, 5.74) is 4.26. The van der Waals surface area contributed by atoms with E-state index < -0.39 is 0 Å². The number of methoxy groups -OCH3 is 1. The van der Waals surface area contributed by atoms with Crippen LogP contribution in [0.5, 0.6) is 5.75 Å². The predicted molar refractivity (Wildman–Crippen MR) is 115 cm³/mol. The number of anilines is 1. The Balaban J connectivity index is 1.37. The molecule has 0 spiro atoms. The molecule has 1 fully saturated rings. The molecule has 2 aromatic carbocycles. The number of hydrogen-bond acceptors (Lipinski definition) is 4. The van der Waals surface area contributed by atoms with Crippen LogP contribution in [0.2, 0.25) is 0 Å². The zero-order chi connectivity index (χ0) is 19.9. The Morgan fingerprint density at radius 3 is 2.43 bits per heavy atom. The number of nitrogens with one attached hydrogen (secondary N) is 1. The smallest absolute Gasteiger partial charge is 0.251 e. The minimum Gasteiger partial charge on any atom is -0.497 e. The summed E-state index contributed by atoms with van der Waals surface area (Å²) in [5.74, 6) is 0.927. The second-order valence-corrected chi connectivity index (χ2v) is 7.38. The van der Waals surface area contributed by atoms with E-state index in [0.717, 1.165) is 61.6 Å².